The lowest BCUT2D eigenvalue weighted by molar-refractivity contribution is 0.653. The van der Waals surface area contributed by atoms with Gasteiger partial charge in [0.15, 0.2) is 0 Å². The summed E-state index contributed by atoms with van der Waals surface area (Å²) >= 11 is 0. The fourth-order valence-electron chi connectivity index (χ4n) is 7.55. The first-order valence-electron chi connectivity index (χ1n) is 16.5. The van der Waals surface area contributed by atoms with E-state index in [4.69, 9.17) is 4.42 Å². The van der Waals surface area contributed by atoms with Gasteiger partial charge in [-0.3, -0.25) is 0 Å². The molecule has 0 N–H and O–H groups in total. The van der Waals surface area contributed by atoms with E-state index in [1.165, 1.54) is 22.3 Å². The summed E-state index contributed by atoms with van der Waals surface area (Å²) < 4.78 is 6.89. The van der Waals surface area contributed by atoms with Crippen molar-refractivity contribution in [2.75, 3.05) is 9.80 Å². The van der Waals surface area contributed by atoms with Gasteiger partial charge in [0, 0.05) is 44.8 Å². The summed E-state index contributed by atoms with van der Waals surface area (Å²) in [5.74, 6) is 0. The molecule has 0 atom stereocenters. The van der Waals surface area contributed by atoms with Crippen molar-refractivity contribution in [2.24, 2.45) is 0 Å². The highest BCUT2D eigenvalue weighted by atomic mass is 16.3. The Morgan fingerprint density at radius 1 is 0.458 bits per heavy atom. The van der Waals surface area contributed by atoms with Crippen LogP contribution >= 0.6 is 0 Å². The lowest BCUT2D eigenvalue weighted by atomic mass is 9.81. The third-order valence-electron chi connectivity index (χ3n) is 9.80. The fraction of sp³-hybridized carbons (Fsp3) is 0.0667. The van der Waals surface area contributed by atoms with Gasteiger partial charge in [-0.25, -0.2) is 0 Å². The van der Waals surface area contributed by atoms with E-state index in [9.17, 15) is 0 Å². The Kier molecular flexibility index (Phi) is 6.48. The minimum Gasteiger partial charge on any atom is -0.455 e. The quantitative estimate of drug-likeness (QED) is 0.185. The first kappa shape index (κ1) is 28.2. The molecule has 0 saturated carbocycles. The molecule has 48 heavy (non-hydrogen) atoms. The molecule has 8 aromatic rings. The van der Waals surface area contributed by atoms with E-state index < -0.39 is 0 Å². The van der Waals surface area contributed by atoms with Gasteiger partial charge in [-0.2, -0.15) is 0 Å². The van der Waals surface area contributed by atoms with Gasteiger partial charge in [0.05, 0.1) is 11.1 Å². The number of hydrogen-bond acceptors (Lipinski definition) is 3. The number of rotatable bonds is 6. The molecule has 9 rings (SSSR count). The Morgan fingerprint density at radius 2 is 0.958 bits per heavy atom. The van der Waals surface area contributed by atoms with Gasteiger partial charge in [0.2, 0.25) is 0 Å². The van der Waals surface area contributed by atoms with E-state index in [2.05, 4.69) is 194 Å². The lowest BCUT2D eigenvalue weighted by Crippen LogP contribution is -2.18. The fourth-order valence-corrected chi connectivity index (χ4v) is 7.55. The van der Waals surface area contributed by atoms with Crippen LogP contribution in [0.1, 0.15) is 25.0 Å². The molecular weight excluding hydrogens is 585 g/mol. The molecule has 0 saturated heterocycles. The van der Waals surface area contributed by atoms with Gasteiger partial charge < -0.3 is 14.2 Å². The molecule has 0 spiro atoms. The standard InChI is InChI=1S/C45H34N2O/c1-45(2)38-29-35(46(31-17-7-3-8-18-31)32-19-9-4-10-20-32)27-28-36(38)42-39(45)30-40(43-37-25-15-16-26-41(37)48-44(42)43)47(33-21-11-5-12-22-33)34-23-13-6-14-24-34/h3-30H,1-2H3. The molecule has 0 aliphatic heterocycles. The van der Waals surface area contributed by atoms with Crippen LogP contribution in [0.4, 0.5) is 34.1 Å². The molecule has 0 amide bonds. The number of nitrogens with zero attached hydrogens (tertiary/aromatic N) is 2. The molecule has 230 valence electrons. The van der Waals surface area contributed by atoms with Crippen molar-refractivity contribution in [1.82, 2.24) is 0 Å². The average molecular weight is 619 g/mol. The van der Waals surface area contributed by atoms with Crippen LogP contribution in [0.2, 0.25) is 0 Å². The van der Waals surface area contributed by atoms with Crippen LogP contribution in [0.3, 0.4) is 0 Å². The number of benzene rings is 7. The zero-order valence-corrected chi connectivity index (χ0v) is 27.0. The van der Waals surface area contributed by atoms with Crippen LogP contribution in [0, 0.1) is 0 Å². The van der Waals surface area contributed by atoms with Crippen molar-refractivity contribution >= 4 is 56.1 Å². The third kappa shape index (κ3) is 4.35. The molecule has 0 radical (unpaired) electrons. The molecule has 1 heterocycles. The van der Waals surface area contributed by atoms with Crippen molar-refractivity contribution in [2.45, 2.75) is 19.3 Å². The number of para-hydroxylation sites is 5. The van der Waals surface area contributed by atoms with Gasteiger partial charge in [0.25, 0.3) is 0 Å². The molecule has 1 aliphatic rings. The van der Waals surface area contributed by atoms with Crippen LogP contribution < -0.4 is 9.80 Å². The topological polar surface area (TPSA) is 19.6 Å². The first-order valence-corrected chi connectivity index (χ1v) is 16.5. The molecule has 7 aromatic carbocycles. The van der Waals surface area contributed by atoms with E-state index in [0.717, 1.165) is 56.1 Å². The van der Waals surface area contributed by atoms with Crippen LogP contribution in [0.15, 0.2) is 174 Å². The third-order valence-corrected chi connectivity index (χ3v) is 9.80. The first-order chi connectivity index (χ1) is 23.6. The maximum atomic E-state index is 6.89. The Bertz CT molecular complexity index is 2330. The predicted octanol–water partition coefficient (Wildman–Crippen LogP) is 12.8. The average Bonchev–Trinajstić information content (AvgIpc) is 3.63. The second-order valence-electron chi connectivity index (χ2n) is 13.0. The highest BCUT2D eigenvalue weighted by molar-refractivity contribution is 6.19. The second kappa shape index (κ2) is 11.0. The minimum absolute atomic E-state index is 0.291. The smallest absolute Gasteiger partial charge is 0.145 e. The van der Waals surface area contributed by atoms with Gasteiger partial charge in [-0.15, -0.1) is 0 Å². The lowest BCUT2D eigenvalue weighted by Gasteiger charge is -2.29. The summed E-state index contributed by atoms with van der Waals surface area (Å²) in [5, 5.41) is 2.24. The molecule has 0 fully saturated rings. The SMILES string of the molecule is CC1(C)c2cc(N(c3ccccc3)c3ccccc3)ccc2-c2c1cc(N(c1ccccc1)c1ccccc1)c1c2oc2ccccc21. The Labute approximate surface area is 280 Å². The number of anilines is 6. The number of furan rings is 1. The Morgan fingerprint density at radius 3 is 1.52 bits per heavy atom. The van der Waals surface area contributed by atoms with E-state index in [1.54, 1.807) is 0 Å². The van der Waals surface area contributed by atoms with E-state index in [0.29, 0.717) is 0 Å². The molecule has 3 heteroatoms. The molecular formula is C45H34N2O. The summed E-state index contributed by atoms with van der Waals surface area (Å²) in [5.41, 5.74) is 13.2. The van der Waals surface area contributed by atoms with Crippen LogP contribution in [0.5, 0.6) is 0 Å². The van der Waals surface area contributed by atoms with Crippen LogP contribution in [-0.2, 0) is 5.41 Å². The van der Waals surface area contributed by atoms with Gasteiger partial charge in [0.1, 0.15) is 11.2 Å². The van der Waals surface area contributed by atoms with E-state index in [-0.39, 0.29) is 5.41 Å². The molecule has 0 unspecified atom stereocenters. The summed E-state index contributed by atoms with van der Waals surface area (Å²) in [6, 6.07) is 60.3. The second-order valence-corrected chi connectivity index (χ2v) is 13.0. The Balaban J connectivity index is 1.31. The summed E-state index contributed by atoms with van der Waals surface area (Å²) in [4.78, 5) is 4.72. The minimum atomic E-state index is -0.291. The van der Waals surface area contributed by atoms with Crippen molar-refractivity contribution < 1.29 is 4.42 Å². The summed E-state index contributed by atoms with van der Waals surface area (Å²) in [6.45, 7) is 4.70. The maximum absolute atomic E-state index is 6.89. The molecule has 0 bridgehead atoms. The maximum Gasteiger partial charge on any atom is 0.145 e. The van der Waals surface area contributed by atoms with Crippen molar-refractivity contribution in [3.63, 3.8) is 0 Å². The van der Waals surface area contributed by atoms with E-state index >= 15 is 0 Å². The highest BCUT2D eigenvalue weighted by Crippen LogP contribution is 2.57. The molecule has 3 nitrogen and oxygen atoms in total. The number of hydrogen-bond donors (Lipinski definition) is 0. The largest absolute Gasteiger partial charge is 0.455 e. The number of fused-ring (bicyclic) bond motifs is 7. The highest BCUT2D eigenvalue weighted by Gasteiger charge is 2.40. The normalized spacial score (nSPS) is 13.0. The van der Waals surface area contributed by atoms with Crippen molar-refractivity contribution in [3.05, 3.63) is 181 Å². The molecule has 1 aromatic heterocycles. The summed E-state index contributed by atoms with van der Waals surface area (Å²) in [7, 11) is 0. The Hall–Kier alpha value is -6.06. The van der Waals surface area contributed by atoms with Crippen molar-refractivity contribution in [3.8, 4) is 11.1 Å². The van der Waals surface area contributed by atoms with Gasteiger partial charge >= 0.3 is 0 Å². The predicted molar refractivity (Wildman–Crippen MR) is 201 cm³/mol. The monoisotopic (exact) mass is 618 g/mol. The van der Waals surface area contributed by atoms with Gasteiger partial charge in [-0.1, -0.05) is 111 Å². The molecule has 1 aliphatic carbocycles. The van der Waals surface area contributed by atoms with Crippen molar-refractivity contribution in [1.29, 1.82) is 0 Å². The zero-order chi connectivity index (χ0) is 32.2. The van der Waals surface area contributed by atoms with Crippen LogP contribution in [0.25, 0.3) is 33.1 Å². The van der Waals surface area contributed by atoms with E-state index in [1.807, 2.05) is 0 Å². The zero-order valence-electron chi connectivity index (χ0n) is 27.0. The summed E-state index contributed by atoms with van der Waals surface area (Å²) in [6.07, 6.45) is 0. The van der Waals surface area contributed by atoms with Gasteiger partial charge in [-0.05, 0) is 89.5 Å². The van der Waals surface area contributed by atoms with Crippen LogP contribution in [-0.4, -0.2) is 0 Å².